The highest BCUT2D eigenvalue weighted by atomic mass is 35.5. The number of aryl methyl sites for hydroxylation is 2. The van der Waals surface area contributed by atoms with E-state index in [-0.39, 0.29) is 12.5 Å². The molecule has 5 atom stereocenters. The molecule has 3 aliphatic rings. The Bertz CT molecular complexity index is 1440. The smallest absolute Gasteiger partial charge is 0.310 e. The zero-order chi connectivity index (χ0) is 25.4. The fourth-order valence-corrected chi connectivity index (χ4v) is 6.37. The molecule has 9 nitrogen and oxygen atoms in total. The second-order valence-electron chi connectivity index (χ2n) is 9.46. The van der Waals surface area contributed by atoms with Crippen molar-refractivity contribution in [3.8, 4) is 5.69 Å². The van der Waals surface area contributed by atoms with Gasteiger partial charge in [0.05, 0.1) is 24.3 Å². The number of fused-ring (bicyclic) bond motifs is 1. The first-order valence-corrected chi connectivity index (χ1v) is 12.2. The number of hydrogen-bond acceptors (Lipinski definition) is 6. The van der Waals surface area contributed by atoms with Crippen molar-refractivity contribution in [2.45, 2.75) is 31.6 Å². The van der Waals surface area contributed by atoms with Crippen LogP contribution in [-0.2, 0) is 14.3 Å². The number of nitrogens with zero attached hydrogens (tertiary/aromatic N) is 5. The van der Waals surface area contributed by atoms with E-state index in [1.165, 1.54) is 0 Å². The van der Waals surface area contributed by atoms with Crippen LogP contribution in [0.4, 0.5) is 0 Å². The van der Waals surface area contributed by atoms with Crippen molar-refractivity contribution in [3.05, 3.63) is 81.1 Å². The standard InChI is InChI=1S/C25H21Cl2N5O4/c1-12-4-3-5-13(2)20(12)32-22(28-29-30-32)21(15-7-6-14(26)10-16(15)27)31-11-25-9-8-17(36-25)18(24(34)35)19(25)23(31)33/h3-10,17-19,21H,11H2,1-2H3,(H,34,35)/t17-,18-,19-,21+,25-/m1/s1. The zero-order valence-corrected chi connectivity index (χ0v) is 20.8. The Morgan fingerprint density at radius 3 is 2.67 bits per heavy atom. The molecule has 1 N–H and O–H groups in total. The summed E-state index contributed by atoms with van der Waals surface area (Å²) in [6, 6.07) is 10.1. The van der Waals surface area contributed by atoms with E-state index in [0.717, 1.165) is 16.8 Å². The van der Waals surface area contributed by atoms with Gasteiger partial charge in [0.1, 0.15) is 17.6 Å². The largest absolute Gasteiger partial charge is 0.481 e. The molecule has 1 aromatic heterocycles. The summed E-state index contributed by atoms with van der Waals surface area (Å²) < 4.78 is 7.71. The Morgan fingerprint density at radius 2 is 1.97 bits per heavy atom. The molecule has 1 spiro atoms. The van der Waals surface area contributed by atoms with E-state index >= 15 is 0 Å². The minimum absolute atomic E-state index is 0.135. The summed E-state index contributed by atoms with van der Waals surface area (Å²) in [5, 5.41) is 23.2. The number of carbonyl (C=O) groups excluding carboxylic acids is 1. The SMILES string of the molecule is Cc1cccc(C)c1-n1nnnc1[C@H](c1ccc(Cl)cc1Cl)N1C[C@@]23C=C[C@@H](O2)[C@@H](C(=O)O)[C@@H]3C1=O. The number of carbonyl (C=O) groups is 2. The number of ether oxygens (including phenoxy) is 1. The van der Waals surface area contributed by atoms with Crippen molar-refractivity contribution in [2.24, 2.45) is 11.8 Å². The molecule has 2 bridgehead atoms. The average Bonchev–Trinajstić information content (AvgIpc) is 3.57. The second-order valence-corrected chi connectivity index (χ2v) is 10.3. The first-order valence-electron chi connectivity index (χ1n) is 11.4. The van der Waals surface area contributed by atoms with Gasteiger partial charge in [0.15, 0.2) is 5.82 Å². The van der Waals surface area contributed by atoms with E-state index in [1.807, 2.05) is 38.1 Å². The molecule has 4 heterocycles. The third kappa shape index (κ3) is 3.23. The van der Waals surface area contributed by atoms with E-state index in [1.54, 1.807) is 33.9 Å². The molecule has 2 aromatic carbocycles. The molecule has 0 unspecified atom stereocenters. The highest BCUT2D eigenvalue weighted by Crippen LogP contribution is 2.54. The summed E-state index contributed by atoms with van der Waals surface area (Å²) in [6.45, 7) is 4.05. The van der Waals surface area contributed by atoms with Gasteiger partial charge in [0, 0.05) is 15.6 Å². The van der Waals surface area contributed by atoms with Gasteiger partial charge in [-0.15, -0.1) is 5.10 Å². The summed E-state index contributed by atoms with van der Waals surface area (Å²) in [7, 11) is 0. The molecule has 1 amide bonds. The Morgan fingerprint density at radius 1 is 1.22 bits per heavy atom. The number of para-hydroxylation sites is 1. The molecule has 6 rings (SSSR count). The number of benzene rings is 2. The monoisotopic (exact) mass is 525 g/mol. The minimum Gasteiger partial charge on any atom is -0.481 e. The van der Waals surface area contributed by atoms with Crippen LogP contribution >= 0.6 is 23.2 Å². The number of hydrogen-bond donors (Lipinski definition) is 1. The second kappa shape index (κ2) is 8.12. The lowest BCUT2D eigenvalue weighted by Gasteiger charge is -2.30. The van der Waals surface area contributed by atoms with Crippen LogP contribution in [0, 0.1) is 25.7 Å². The van der Waals surface area contributed by atoms with E-state index in [0.29, 0.717) is 21.4 Å². The maximum atomic E-state index is 14.0. The quantitative estimate of drug-likeness (QED) is 0.507. The predicted octanol–water partition coefficient (Wildman–Crippen LogP) is 3.54. The fraction of sp³-hybridized carbons (Fsp3) is 0.320. The first kappa shape index (κ1) is 23.1. The average molecular weight is 526 g/mol. The maximum Gasteiger partial charge on any atom is 0.310 e. The molecule has 36 heavy (non-hydrogen) atoms. The highest BCUT2D eigenvalue weighted by Gasteiger charge is 2.68. The highest BCUT2D eigenvalue weighted by molar-refractivity contribution is 6.35. The van der Waals surface area contributed by atoms with Gasteiger partial charge in [-0.05, 0) is 47.5 Å². The van der Waals surface area contributed by atoms with Crippen LogP contribution in [0.15, 0.2) is 48.6 Å². The topological polar surface area (TPSA) is 110 Å². The molecule has 3 aliphatic heterocycles. The molecule has 3 aromatic rings. The summed E-state index contributed by atoms with van der Waals surface area (Å²) in [6.07, 6.45) is 2.92. The van der Waals surface area contributed by atoms with Gasteiger partial charge < -0.3 is 14.7 Å². The number of aliphatic carboxylic acids is 1. The molecule has 0 saturated carbocycles. The zero-order valence-electron chi connectivity index (χ0n) is 19.3. The molecule has 2 fully saturated rings. The van der Waals surface area contributed by atoms with Crippen molar-refractivity contribution < 1.29 is 19.4 Å². The molecule has 0 aliphatic carbocycles. The van der Waals surface area contributed by atoms with Crippen molar-refractivity contribution in [1.29, 1.82) is 0 Å². The third-order valence-electron chi connectivity index (χ3n) is 7.37. The number of amides is 1. The third-order valence-corrected chi connectivity index (χ3v) is 7.94. The van der Waals surface area contributed by atoms with Crippen molar-refractivity contribution >= 4 is 35.1 Å². The summed E-state index contributed by atoms with van der Waals surface area (Å²) in [5.74, 6) is -2.87. The van der Waals surface area contributed by atoms with Gasteiger partial charge in [-0.25, -0.2) is 0 Å². The number of carboxylic acid groups (broad SMARTS) is 1. The van der Waals surface area contributed by atoms with Crippen LogP contribution < -0.4 is 0 Å². The van der Waals surface area contributed by atoms with Crippen LogP contribution in [0.5, 0.6) is 0 Å². The maximum absolute atomic E-state index is 14.0. The van der Waals surface area contributed by atoms with E-state index in [9.17, 15) is 14.7 Å². The Kier molecular flexibility index (Phi) is 5.22. The first-order chi connectivity index (χ1) is 17.2. The normalized spacial score (nSPS) is 27.1. The molecule has 11 heteroatoms. The Labute approximate surface area is 216 Å². The van der Waals surface area contributed by atoms with Gasteiger partial charge in [0.2, 0.25) is 5.91 Å². The minimum atomic E-state index is -1.06. The van der Waals surface area contributed by atoms with Gasteiger partial charge in [-0.2, -0.15) is 4.68 Å². The van der Waals surface area contributed by atoms with Crippen LogP contribution in [-0.4, -0.2) is 60.3 Å². The molecule has 184 valence electrons. The number of likely N-dealkylation sites (tertiary alicyclic amines) is 1. The van der Waals surface area contributed by atoms with E-state index < -0.39 is 35.6 Å². The number of tetrazole rings is 1. The number of carboxylic acids is 1. The summed E-state index contributed by atoms with van der Waals surface area (Å²) in [4.78, 5) is 27.6. The number of halogens is 2. The number of rotatable bonds is 5. The van der Waals surface area contributed by atoms with E-state index in [4.69, 9.17) is 27.9 Å². The lowest BCUT2D eigenvalue weighted by atomic mass is 9.77. The Hall–Kier alpha value is -3.27. The van der Waals surface area contributed by atoms with Crippen molar-refractivity contribution in [3.63, 3.8) is 0 Å². The van der Waals surface area contributed by atoms with Crippen molar-refractivity contribution in [2.75, 3.05) is 6.54 Å². The lowest BCUT2D eigenvalue weighted by Crippen LogP contribution is -2.39. The molecule has 2 saturated heterocycles. The van der Waals surface area contributed by atoms with Gasteiger partial charge >= 0.3 is 5.97 Å². The van der Waals surface area contributed by atoms with Crippen LogP contribution in [0.2, 0.25) is 10.0 Å². The molecular formula is C25H21Cl2N5O4. The van der Waals surface area contributed by atoms with Crippen LogP contribution in [0.25, 0.3) is 5.69 Å². The van der Waals surface area contributed by atoms with Crippen LogP contribution in [0.3, 0.4) is 0 Å². The van der Waals surface area contributed by atoms with Gasteiger partial charge in [0.25, 0.3) is 0 Å². The van der Waals surface area contributed by atoms with Crippen LogP contribution in [0.1, 0.15) is 28.6 Å². The predicted molar refractivity (Wildman–Crippen MR) is 130 cm³/mol. The number of aromatic nitrogens is 4. The van der Waals surface area contributed by atoms with Gasteiger partial charge in [-0.1, -0.05) is 59.6 Å². The summed E-state index contributed by atoms with van der Waals surface area (Å²) >= 11 is 12.8. The van der Waals surface area contributed by atoms with Crippen molar-refractivity contribution in [1.82, 2.24) is 25.1 Å². The van der Waals surface area contributed by atoms with Gasteiger partial charge in [-0.3, -0.25) is 9.59 Å². The summed E-state index contributed by atoms with van der Waals surface area (Å²) in [5.41, 5.74) is 2.22. The fourth-order valence-electron chi connectivity index (χ4n) is 5.86. The lowest BCUT2D eigenvalue weighted by molar-refractivity contribution is -0.148. The Balaban J connectivity index is 1.53. The molecular weight excluding hydrogens is 505 g/mol. The molecule has 0 radical (unpaired) electrons. The van der Waals surface area contributed by atoms with E-state index in [2.05, 4.69) is 15.5 Å².